The van der Waals surface area contributed by atoms with Crippen molar-refractivity contribution in [3.63, 3.8) is 0 Å². The average Bonchev–Trinajstić information content (AvgIpc) is 2.92. The fourth-order valence-corrected chi connectivity index (χ4v) is 2.99. The first-order chi connectivity index (χ1) is 8.61. The van der Waals surface area contributed by atoms with E-state index in [0.29, 0.717) is 16.5 Å². The number of anilines is 2. The van der Waals surface area contributed by atoms with Crippen molar-refractivity contribution in [2.45, 2.75) is 13.3 Å². The number of primary amides is 1. The van der Waals surface area contributed by atoms with Gasteiger partial charge in [-0.1, -0.05) is 6.92 Å². The van der Waals surface area contributed by atoms with Gasteiger partial charge in [0.2, 0.25) is 0 Å². The lowest BCUT2D eigenvalue weighted by Gasteiger charge is -2.13. The molecule has 1 aromatic heterocycles. The van der Waals surface area contributed by atoms with E-state index in [2.05, 4.69) is 21.5 Å². The van der Waals surface area contributed by atoms with E-state index >= 15 is 0 Å². The Morgan fingerprint density at radius 1 is 1.67 bits per heavy atom. The van der Waals surface area contributed by atoms with Gasteiger partial charge in [0.25, 0.3) is 5.91 Å². The second-order valence-electron chi connectivity index (χ2n) is 4.57. The third-order valence-electron chi connectivity index (χ3n) is 3.33. The van der Waals surface area contributed by atoms with E-state index in [1.165, 1.54) is 18.0 Å². The number of nitrogens with zero attached hydrogens (tertiary/aromatic N) is 2. The van der Waals surface area contributed by atoms with Crippen LogP contribution in [-0.4, -0.2) is 41.4 Å². The molecule has 0 aromatic carbocycles. The van der Waals surface area contributed by atoms with Gasteiger partial charge in [-0.15, -0.1) is 0 Å². The lowest BCUT2D eigenvalue weighted by molar-refractivity contribution is 0.100. The predicted octanol–water partition coefficient (Wildman–Crippen LogP) is 0.578. The summed E-state index contributed by atoms with van der Waals surface area (Å²) < 4.78 is 3.96. The quantitative estimate of drug-likeness (QED) is 0.726. The minimum absolute atomic E-state index is 0.219. The molecule has 5 N–H and O–H groups in total. The van der Waals surface area contributed by atoms with Gasteiger partial charge in [0.05, 0.1) is 0 Å². The predicted molar refractivity (Wildman–Crippen MR) is 73.8 cm³/mol. The summed E-state index contributed by atoms with van der Waals surface area (Å²) in [7, 11) is 0. The van der Waals surface area contributed by atoms with Crippen LogP contribution in [0.25, 0.3) is 0 Å². The van der Waals surface area contributed by atoms with Gasteiger partial charge in [0.1, 0.15) is 10.6 Å². The van der Waals surface area contributed by atoms with Crippen molar-refractivity contribution in [2.75, 3.05) is 37.2 Å². The van der Waals surface area contributed by atoms with E-state index in [1.54, 1.807) is 0 Å². The molecule has 6 nitrogen and oxygen atoms in total. The molecule has 1 aliphatic heterocycles. The highest BCUT2D eigenvalue weighted by molar-refractivity contribution is 7.11. The Labute approximate surface area is 110 Å². The minimum Gasteiger partial charge on any atom is -0.382 e. The number of hydrogen-bond donors (Lipinski definition) is 3. The number of carbonyl (C=O) groups is 1. The lowest BCUT2D eigenvalue weighted by atomic mass is 10.1. The van der Waals surface area contributed by atoms with Crippen LogP contribution in [0.4, 0.5) is 10.8 Å². The maximum absolute atomic E-state index is 11.3. The molecule has 2 rings (SSSR count). The van der Waals surface area contributed by atoms with Crippen LogP contribution >= 0.6 is 11.5 Å². The van der Waals surface area contributed by atoms with Crippen LogP contribution in [0.2, 0.25) is 0 Å². The number of nitrogen functional groups attached to an aromatic ring is 1. The van der Waals surface area contributed by atoms with E-state index in [1.807, 2.05) is 0 Å². The van der Waals surface area contributed by atoms with E-state index in [9.17, 15) is 4.79 Å². The molecule has 1 amide bonds. The van der Waals surface area contributed by atoms with Gasteiger partial charge in [0.15, 0.2) is 5.82 Å². The zero-order chi connectivity index (χ0) is 13.1. The van der Waals surface area contributed by atoms with Crippen LogP contribution in [-0.2, 0) is 0 Å². The van der Waals surface area contributed by atoms with Gasteiger partial charge in [-0.2, -0.15) is 4.37 Å². The molecule has 0 radical (unpaired) electrons. The topological polar surface area (TPSA) is 97.3 Å². The monoisotopic (exact) mass is 269 g/mol. The van der Waals surface area contributed by atoms with Gasteiger partial charge in [-0.3, -0.25) is 4.79 Å². The standard InChI is InChI=1S/C11H19N5OS/c1-2-16-4-3-7(6-16)5-14-11-8(10(13)17)9(12)15-18-11/h7,14H,2-6H2,1H3,(H2,12,15)(H2,13,17). The van der Waals surface area contributed by atoms with E-state index in [4.69, 9.17) is 11.5 Å². The van der Waals surface area contributed by atoms with Crippen molar-refractivity contribution in [3.05, 3.63) is 5.56 Å². The van der Waals surface area contributed by atoms with Gasteiger partial charge in [-0.25, -0.2) is 0 Å². The number of rotatable bonds is 5. The van der Waals surface area contributed by atoms with Crippen molar-refractivity contribution in [3.8, 4) is 0 Å². The van der Waals surface area contributed by atoms with Crippen LogP contribution in [0.15, 0.2) is 0 Å². The molecular formula is C11H19N5OS. The molecule has 18 heavy (non-hydrogen) atoms. The Balaban J connectivity index is 1.93. The maximum Gasteiger partial charge on any atom is 0.255 e. The van der Waals surface area contributed by atoms with E-state index < -0.39 is 5.91 Å². The number of nitrogens with one attached hydrogen (secondary N) is 1. The van der Waals surface area contributed by atoms with Gasteiger partial charge in [-0.05, 0) is 37.0 Å². The summed E-state index contributed by atoms with van der Waals surface area (Å²) >= 11 is 1.19. The van der Waals surface area contributed by atoms with E-state index in [-0.39, 0.29) is 5.82 Å². The Morgan fingerprint density at radius 2 is 2.44 bits per heavy atom. The molecule has 1 aromatic rings. The molecular weight excluding hydrogens is 250 g/mol. The Morgan fingerprint density at radius 3 is 3.06 bits per heavy atom. The molecule has 1 fully saturated rings. The second-order valence-corrected chi connectivity index (χ2v) is 5.34. The lowest BCUT2D eigenvalue weighted by Crippen LogP contribution is -2.23. The first-order valence-electron chi connectivity index (χ1n) is 6.13. The van der Waals surface area contributed by atoms with Gasteiger partial charge < -0.3 is 21.7 Å². The molecule has 1 atom stereocenters. The van der Waals surface area contributed by atoms with Crippen LogP contribution in [0.1, 0.15) is 23.7 Å². The van der Waals surface area contributed by atoms with Crippen molar-refractivity contribution in [2.24, 2.45) is 11.7 Å². The summed E-state index contributed by atoms with van der Waals surface area (Å²) in [6.07, 6.45) is 1.18. The third-order valence-corrected chi connectivity index (χ3v) is 4.15. The van der Waals surface area contributed by atoms with Crippen molar-refractivity contribution < 1.29 is 4.79 Å². The first-order valence-corrected chi connectivity index (χ1v) is 6.90. The first kappa shape index (κ1) is 13.1. The highest BCUT2D eigenvalue weighted by Crippen LogP contribution is 2.27. The number of hydrogen-bond acceptors (Lipinski definition) is 6. The summed E-state index contributed by atoms with van der Waals surface area (Å²) in [5.74, 6) is 0.302. The number of aromatic nitrogens is 1. The molecule has 1 aliphatic rings. The molecule has 100 valence electrons. The molecule has 0 saturated carbocycles. The summed E-state index contributed by atoms with van der Waals surface area (Å²) in [6.45, 7) is 6.35. The molecule has 0 spiro atoms. The van der Waals surface area contributed by atoms with Gasteiger partial charge >= 0.3 is 0 Å². The molecule has 1 saturated heterocycles. The number of nitrogens with two attached hydrogens (primary N) is 2. The third kappa shape index (κ3) is 2.73. The molecule has 2 heterocycles. The Kier molecular flexibility index (Phi) is 4.03. The maximum atomic E-state index is 11.3. The number of likely N-dealkylation sites (tertiary alicyclic amines) is 1. The van der Waals surface area contributed by atoms with Crippen molar-refractivity contribution >= 4 is 28.3 Å². The fourth-order valence-electron chi connectivity index (χ4n) is 2.26. The minimum atomic E-state index is -0.523. The van der Waals surface area contributed by atoms with Gasteiger partial charge in [0, 0.05) is 13.1 Å². The molecule has 1 unspecified atom stereocenters. The smallest absolute Gasteiger partial charge is 0.255 e. The second kappa shape index (κ2) is 5.53. The van der Waals surface area contributed by atoms with Crippen LogP contribution in [0.5, 0.6) is 0 Å². The largest absolute Gasteiger partial charge is 0.382 e. The normalized spacial score (nSPS) is 20.2. The van der Waals surface area contributed by atoms with Crippen molar-refractivity contribution in [1.82, 2.24) is 9.27 Å². The molecule has 0 bridgehead atoms. The fraction of sp³-hybridized carbons (Fsp3) is 0.636. The highest BCUT2D eigenvalue weighted by Gasteiger charge is 2.22. The van der Waals surface area contributed by atoms with E-state index in [0.717, 1.165) is 26.2 Å². The molecule has 0 aliphatic carbocycles. The summed E-state index contributed by atoms with van der Waals surface area (Å²) in [5, 5.41) is 3.94. The summed E-state index contributed by atoms with van der Waals surface area (Å²) in [6, 6.07) is 0. The Bertz CT molecular complexity index is 433. The number of amides is 1. The number of carbonyl (C=O) groups excluding carboxylic acids is 1. The van der Waals surface area contributed by atoms with Crippen LogP contribution in [0, 0.1) is 5.92 Å². The average molecular weight is 269 g/mol. The van der Waals surface area contributed by atoms with Crippen LogP contribution in [0.3, 0.4) is 0 Å². The van der Waals surface area contributed by atoms with Crippen molar-refractivity contribution in [1.29, 1.82) is 0 Å². The van der Waals surface area contributed by atoms with Crippen LogP contribution < -0.4 is 16.8 Å². The summed E-state index contributed by atoms with van der Waals surface area (Å²) in [4.78, 5) is 13.7. The SMILES string of the molecule is CCN1CCC(CNc2snc(N)c2C(N)=O)C1. The highest BCUT2D eigenvalue weighted by atomic mass is 32.1. The summed E-state index contributed by atoms with van der Waals surface area (Å²) in [5.41, 5.74) is 11.2. The zero-order valence-corrected chi connectivity index (χ0v) is 11.3. The zero-order valence-electron chi connectivity index (χ0n) is 10.5. The molecule has 7 heteroatoms. The Hall–Kier alpha value is -1.34.